The Morgan fingerprint density at radius 2 is 1.33 bits per heavy atom. The third kappa shape index (κ3) is 5.72. The van der Waals surface area contributed by atoms with Crippen LogP contribution < -0.4 is 5.32 Å². The molecule has 1 N–H and O–H groups in total. The first-order valence-electron chi connectivity index (χ1n) is 11.0. The monoisotopic (exact) mass is 402 g/mol. The Labute approximate surface area is 183 Å². The second kappa shape index (κ2) is 10.4. The average Bonchev–Trinajstić information content (AvgIpc) is 2.67. The van der Waals surface area contributed by atoms with Crippen LogP contribution in [0.5, 0.6) is 0 Å². The zero-order chi connectivity index (χ0) is 22.4. The van der Waals surface area contributed by atoms with E-state index in [0.29, 0.717) is 17.8 Å². The van der Waals surface area contributed by atoms with Crippen molar-refractivity contribution in [3.63, 3.8) is 0 Å². The van der Waals surface area contributed by atoms with Crippen molar-refractivity contribution >= 4 is 23.2 Å². The van der Waals surface area contributed by atoms with E-state index in [1.54, 1.807) is 0 Å². The van der Waals surface area contributed by atoms with E-state index in [2.05, 4.69) is 110 Å². The topological polar surface area (TPSA) is 24.4 Å². The highest BCUT2D eigenvalue weighted by molar-refractivity contribution is 5.96. The van der Waals surface area contributed by atoms with Crippen LogP contribution >= 0.6 is 0 Å². The Morgan fingerprint density at radius 1 is 0.833 bits per heavy atom. The molecule has 160 valence electrons. The van der Waals surface area contributed by atoms with Crippen LogP contribution in [-0.2, 0) is 0 Å². The minimum atomic E-state index is 0.408. The van der Waals surface area contributed by atoms with Gasteiger partial charge in [-0.25, -0.2) is 0 Å². The lowest BCUT2D eigenvalue weighted by Crippen LogP contribution is -2.07. The lowest BCUT2D eigenvalue weighted by Gasteiger charge is -2.21. The van der Waals surface area contributed by atoms with Crippen molar-refractivity contribution in [1.29, 1.82) is 0 Å². The van der Waals surface area contributed by atoms with Gasteiger partial charge < -0.3 is 5.32 Å². The van der Waals surface area contributed by atoms with Gasteiger partial charge in [0, 0.05) is 17.1 Å². The summed E-state index contributed by atoms with van der Waals surface area (Å²) >= 11 is 0. The molecule has 2 heteroatoms. The number of rotatable bonds is 8. The summed E-state index contributed by atoms with van der Waals surface area (Å²) in [5.74, 6) is 1.33. The molecule has 2 aromatic carbocycles. The maximum Gasteiger partial charge on any atom is 0.0739 e. The number of para-hydroxylation sites is 2. The summed E-state index contributed by atoms with van der Waals surface area (Å²) in [4.78, 5) is 4.98. The maximum absolute atomic E-state index is 4.98. The molecule has 0 atom stereocenters. The number of allylic oxidation sites excluding steroid dienone is 2. The molecule has 0 aliphatic carbocycles. The second-order valence-corrected chi connectivity index (χ2v) is 8.97. The number of anilines is 1. The first kappa shape index (κ1) is 23.7. The fourth-order valence-corrected chi connectivity index (χ4v) is 3.79. The van der Waals surface area contributed by atoms with E-state index in [1.165, 1.54) is 22.4 Å². The Hall–Kier alpha value is -2.61. The minimum Gasteiger partial charge on any atom is -0.359 e. The number of benzene rings is 2. The Bertz CT molecular complexity index is 917. The van der Waals surface area contributed by atoms with Gasteiger partial charge >= 0.3 is 0 Å². The molecule has 0 aromatic heterocycles. The smallest absolute Gasteiger partial charge is 0.0739 e. The molecule has 2 rings (SSSR count). The normalized spacial score (nSPS) is 12.8. The van der Waals surface area contributed by atoms with Gasteiger partial charge in [0.15, 0.2) is 0 Å². The number of nitrogens with zero attached hydrogens (tertiary/aromatic N) is 1. The average molecular weight is 403 g/mol. The van der Waals surface area contributed by atoms with E-state index in [-0.39, 0.29) is 0 Å². The van der Waals surface area contributed by atoms with E-state index in [4.69, 9.17) is 4.99 Å². The molecule has 2 nitrogen and oxygen atoms in total. The Kier molecular flexibility index (Phi) is 8.23. The summed E-state index contributed by atoms with van der Waals surface area (Å²) in [6.07, 6.45) is 4.02. The van der Waals surface area contributed by atoms with E-state index in [9.17, 15) is 0 Å². The second-order valence-electron chi connectivity index (χ2n) is 8.97. The van der Waals surface area contributed by atoms with Crippen LogP contribution in [0.4, 0.5) is 11.4 Å². The van der Waals surface area contributed by atoms with Crippen LogP contribution in [0.15, 0.2) is 59.7 Å². The summed E-state index contributed by atoms with van der Waals surface area (Å²) in [6, 6.07) is 12.9. The van der Waals surface area contributed by atoms with Gasteiger partial charge in [-0.1, -0.05) is 90.6 Å². The zero-order valence-corrected chi connectivity index (χ0v) is 20.0. The van der Waals surface area contributed by atoms with Gasteiger partial charge in [-0.05, 0) is 59.9 Å². The molecular weight excluding hydrogens is 364 g/mol. The van der Waals surface area contributed by atoms with Crippen molar-refractivity contribution in [2.24, 2.45) is 4.99 Å². The molecular formula is C28H38N2. The van der Waals surface area contributed by atoms with E-state index < -0.39 is 0 Å². The summed E-state index contributed by atoms with van der Waals surface area (Å²) in [7, 11) is 0. The maximum atomic E-state index is 4.98. The number of nitrogens with one attached hydrogen (secondary N) is 1. The van der Waals surface area contributed by atoms with Gasteiger partial charge in [-0.15, -0.1) is 0 Å². The first-order valence-corrected chi connectivity index (χ1v) is 11.0. The molecule has 0 saturated heterocycles. The van der Waals surface area contributed by atoms with E-state index >= 15 is 0 Å². The molecule has 0 heterocycles. The predicted octanol–water partition coefficient (Wildman–Crippen LogP) is 8.81. The molecule has 0 aliphatic heterocycles. The largest absolute Gasteiger partial charge is 0.359 e. The number of aliphatic imine (C=N–C) groups is 1. The fourth-order valence-electron chi connectivity index (χ4n) is 3.79. The van der Waals surface area contributed by atoms with Crippen LogP contribution in [0.1, 0.15) is 95.4 Å². The van der Waals surface area contributed by atoms with Crippen molar-refractivity contribution in [3.05, 3.63) is 77.0 Å². The van der Waals surface area contributed by atoms with Crippen LogP contribution in [0.25, 0.3) is 6.08 Å². The van der Waals surface area contributed by atoms with E-state index in [0.717, 1.165) is 22.7 Å². The van der Waals surface area contributed by atoms with Crippen molar-refractivity contribution in [1.82, 2.24) is 0 Å². The van der Waals surface area contributed by atoms with Gasteiger partial charge in [-0.2, -0.15) is 0 Å². The summed E-state index contributed by atoms with van der Waals surface area (Å²) in [5.41, 5.74) is 9.35. The van der Waals surface area contributed by atoms with Gasteiger partial charge in [0.2, 0.25) is 0 Å². The highest BCUT2D eigenvalue weighted by atomic mass is 14.9. The quantitative estimate of drug-likeness (QED) is 0.438. The van der Waals surface area contributed by atoms with E-state index in [1.807, 2.05) is 6.08 Å². The van der Waals surface area contributed by atoms with Crippen molar-refractivity contribution in [2.75, 3.05) is 5.32 Å². The van der Waals surface area contributed by atoms with Crippen molar-refractivity contribution < 1.29 is 0 Å². The predicted molar refractivity (Wildman–Crippen MR) is 135 cm³/mol. The Balaban J connectivity index is 2.44. The third-order valence-electron chi connectivity index (χ3n) is 5.35. The molecule has 0 saturated carbocycles. The van der Waals surface area contributed by atoms with Gasteiger partial charge in [0.25, 0.3) is 0 Å². The van der Waals surface area contributed by atoms with Gasteiger partial charge in [0.05, 0.1) is 5.69 Å². The molecule has 0 bridgehead atoms. The van der Waals surface area contributed by atoms with Gasteiger partial charge in [0.1, 0.15) is 0 Å². The van der Waals surface area contributed by atoms with Crippen LogP contribution in [0.3, 0.4) is 0 Å². The molecule has 0 spiro atoms. The van der Waals surface area contributed by atoms with Gasteiger partial charge in [-0.3, -0.25) is 4.99 Å². The highest BCUT2D eigenvalue weighted by Gasteiger charge is 2.14. The first-order chi connectivity index (χ1) is 14.1. The molecule has 30 heavy (non-hydrogen) atoms. The third-order valence-corrected chi connectivity index (χ3v) is 5.35. The zero-order valence-electron chi connectivity index (χ0n) is 20.0. The number of hydrogen-bond donors (Lipinski definition) is 1. The number of hydrogen-bond acceptors (Lipinski definition) is 2. The van der Waals surface area contributed by atoms with Crippen LogP contribution in [-0.4, -0.2) is 5.71 Å². The standard InChI is InChI=1S/C28H38N2/c1-10-23-13-11-14-24(18(2)3)27(23)29-21(8)17-22(9)30-28-25(19(4)5)15-12-16-26(28)20(6)7/h10-20,30H,1H2,2-9H3/b22-17-,29-21+. The van der Waals surface area contributed by atoms with Crippen molar-refractivity contribution in [3.8, 4) is 0 Å². The Morgan fingerprint density at radius 3 is 1.83 bits per heavy atom. The lowest BCUT2D eigenvalue weighted by atomic mass is 9.92. The molecule has 0 fully saturated rings. The molecule has 0 aliphatic rings. The van der Waals surface area contributed by atoms with Crippen LogP contribution in [0, 0.1) is 0 Å². The highest BCUT2D eigenvalue weighted by Crippen LogP contribution is 2.34. The molecule has 0 radical (unpaired) electrons. The summed E-state index contributed by atoms with van der Waals surface area (Å²) < 4.78 is 0. The minimum absolute atomic E-state index is 0.408. The summed E-state index contributed by atoms with van der Waals surface area (Å²) in [6.45, 7) is 21.5. The van der Waals surface area contributed by atoms with Crippen molar-refractivity contribution in [2.45, 2.75) is 73.1 Å². The lowest BCUT2D eigenvalue weighted by molar-refractivity contribution is 0.837. The molecule has 2 aromatic rings. The van der Waals surface area contributed by atoms with Crippen LogP contribution in [0.2, 0.25) is 0 Å². The SMILES string of the molecule is C=Cc1cccc(C(C)C)c1/N=C(C)/C=C(/C)Nc1c(C(C)C)cccc1C(C)C. The summed E-state index contributed by atoms with van der Waals surface area (Å²) in [5, 5.41) is 3.68. The molecule has 0 amide bonds. The molecule has 0 unspecified atom stereocenters. The fraction of sp³-hybridized carbons (Fsp3) is 0.393.